The molecule has 3 aromatic rings. The summed E-state index contributed by atoms with van der Waals surface area (Å²) in [4.78, 5) is 37.8. The Hall–Kier alpha value is -3.41. The van der Waals surface area contributed by atoms with Gasteiger partial charge in [-0.25, -0.2) is 27.7 Å². The number of aromatic nitrogens is 3. The number of hydrogen-bond acceptors (Lipinski definition) is 5. The summed E-state index contributed by atoms with van der Waals surface area (Å²) in [6.45, 7) is -1.59. The lowest BCUT2D eigenvalue weighted by atomic mass is 10.2. The van der Waals surface area contributed by atoms with Crippen molar-refractivity contribution < 1.29 is 26.2 Å². The summed E-state index contributed by atoms with van der Waals surface area (Å²) >= 11 is 0. The van der Waals surface area contributed by atoms with E-state index in [0.29, 0.717) is 10.1 Å². The normalized spacial score (nSPS) is 14.5. The maximum absolute atomic E-state index is 12.6. The number of hydrogen-bond donors (Lipinski definition) is 1. The third-order valence-electron chi connectivity index (χ3n) is 3.90. The molecule has 8 nitrogen and oxygen atoms in total. The number of alkyl halides is 3. The quantitative estimate of drug-likeness (QED) is 0.663. The summed E-state index contributed by atoms with van der Waals surface area (Å²) in [5.74, 6) is 0.330. The Bertz CT molecular complexity index is 1410. The van der Waals surface area contributed by atoms with E-state index in [1.165, 1.54) is 37.3 Å². The first kappa shape index (κ1) is 17.4. The van der Waals surface area contributed by atoms with Gasteiger partial charge >= 0.3 is 22.6 Å². The Kier molecular flexibility index (Phi) is 4.53. The predicted molar refractivity (Wildman–Crippen MR) is 102 cm³/mol. The number of halogens is 3. The second-order valence-corrected chi connectivity index (χ2v) is 7.40. The van der Waals surface area contributed by atoms with Crippen LogP contribution in [0.5, 0.6) is 11.5 Å². The molecule has 3 rings (SSSR count). The third-order valence-corrected chi connectivity index (χ3v) is 5.02. The fourth-order valence-electron chi connectivity index (χ4n) is 2.48. The van der Waals surface area contributed by atoms with Crippen molar-refractivity contribution in [3.63, 3.8) is 0 Å². The van der Waals surface area contributed by atoms with Gasteiger partial charge in [0.15, 0.2) is 10.8 Å². The van der Waals surface area contributed by atoms with Crippen LogP contribution >= 0.6 is 0 Å². The SMILES string of the molecule is [2H]C([2H])([2H])n1c(=O)[nH]c(=O)n(-c2ccc(Oc3ccc(S(=O)C(F)(F)F)cc3)c(C)c2)c1=O. The number of benzene rings is 2. The van der Waals surface area contributed by atoms with Crippen molar-refractivity contribution >= 4 is 10.8 Å². The Balaban J connectivity index is 1.95. The summed E-state index contributed by atoms with van der Waals surface area (Å²) < 4.78 is 76.9. The van der Waals surface area contributed by atoms with Gasteiger partial charge in [0.1, 0.15) is 11.5 Å². The van der Waals surface area contributed by atoms with Gasteiger partial charge in [-0.05, 0) is 55.0 Å². The molecule has 1 heterocycles. The van der Waals surface area contributed by atoms with Crippen LogP contribution in [0, 0.1) is 6.92 Å². The average Bonchev–Trinajstić information content (AvgIpc) is 2.67. The van der Waals surface area contributed by atoms with Gasteiger partial charge in [0, 0.05) is 16.0 Å². The fourth-order valence-corrected chi connectivity index (χ4v) is 3.13. The summed E-state index contributed by atoms with van der Waals surface area (Å²) in [5.41, 5.74) is -8.48. The molecule has 0 radical (unpaired) electrons. The van der Waals surface area contributed by atoms with Crippen molar-refractivity contribution in [2.75, 3.05) is 0 Å². The Morgan fingerprint density at radius 2 is 1.73 bits per heavy atom. The average molecular weight is 444 g/mol. The number of aryl methyl sites for hydroxylation is 1. The van der Waals surface area contributed by atoms with Crippen molar-refractivity contribution in [3.05, 3.63) is 79.5 Å². The van der Waals surface area contributed by atoms with E-state index in [-0.39, 0.29) is 21.8 Å². The highest BCUT2D eigenvalue weighted by molar-refractivity contribution is 7.86. The van der Waals surface area contributed by atoms with Gasteiger partial charge in [-0.3, -0.25) is 4.98 Å². The van der Waals surface area contributed by atoms with E-state index >= 15 is 0 Å². The Morgan fingerprint density at radius 1 is 1.07 bits per heavy atom. The first-order valence-corrected chi connectivity index (χ1v) is 9.21. The van der Waals surface area contributed by atoms with Crippen LogP contribution in [0.4, 0.5) is 13.2 Å². The standard InChI is InChI=1S/C18H14F3N3O5S/c1-10-9-11(24-16(26)22-15(25)23(2)17(24)27)3-8-14(10)29-12-4-6-13(7-5-12)30(28)18(19,20)21/h3-9H,1-2H3,(H,22,25,26)/i2D3. The van der Waals surface area contributed by atoms with Crippen LogP contribution in [0.15, 0.2) is 61.7 Å². The minimum absolute atomic E-state index is 0.0555. The number of rotatable bonds is 4. The van der Waals surface area contributed by atoms with Crippen molar-refractivity contribution in [2.45, 2.75) is 17.3 Å². The molecule has 0 amide bonds. The lowest BCUT2D eigenvalue weighted by Crippen LogP contribution is -2.47. The third kappa shape index (κ3) is 4.13. The maximum atomic E-state index is 12.6. The highest BCUT2D eigenvalue weighted by Gasteiger charge is 2.37. The number of H-pyrrole nitrogens is 1. The first-order chi connectivity index (χ1) is 15.2. The van der Waals surface area contributed by atoms with Gasteiger partial charge in [0.25, 0.3) is 0 Å². The Labute approximate surface area is 172 Å². The zero-order chi connectivity index (χ0) is 24.7. The highest BCUT2D eigenvalue weighted by atomic mass is 32.2. The lowest BCUT2D eigenvalue weighted by molar-refractivity contribution is -0.0384. The second-order valence-electron chi connectivity index (χ2n) is 5.93. The zero-order valence-corrected chi connectivity index (χ0v) is 15.8. The molecule has 2 aromatic carbocycles. The van der Waals surface area contributed by atoms with E-state index in [4.69, 9.17) is 8.85 Å². The van der Waals surface area contributed by atoms with Gasteiger partial charge in [-0.2, -0.15) is 13.2 Å². The monoisotopic (exact) mass is 444 g/mol. The highest BCUT2D eigenvalue weighted by Crippen LogP contribution is 2.30. The van der Waals surface area contributed by atoms with Gasteiger partial charge in [0.2, 0.25) is 0 Å². The first-order valence-electron chi connectivity index (χ1n) is 9.56. The number of aromatic amines is 1. The van der Waals surface area contributed by atoms with Crippen molar-refractivity contribution in [1.82, 2.24) is 14.1 Å². The fraction of sp³-hybridized carbons (Fsp3) is 0.167. The molecule has 158 valence electrons. The minimum Gasteiger partial charge on any atom is -0.457 e. The lowest BCUT2D eigenvalue weighted by Gasteiger charge is -2.12. The summed E-state index contributed by atoms with van der Waals surface area (Å²) in [6.07, 6.45) is 0. The molecule has 0 aliphatic rings. The van der Waals surface area contributed by atoms with Crippen molar-refractivity contribution in [1.29, 1.82) is 0 Å². The zero-order valence-electron chi connectivity index (χ0n) is 18.0. The smallest absolute Gasteiger partial charge is 0.457 e. The molecule has 0 saturated heterocycles. The van der Waals surface area contributed by atoms with E-state index in [0.717, 1.165) is 12.1 Å². The van der Waals surface area contributed by atoms with Crippen LogP contribution in [0.3, 0.4) is 0 Å². The van der Waals surface area contributed by atoms with Crippen LogP contribution in [0.1, 0.15) is 9.68 Å². The van der Waals surface area contributed by atoms with E-state index in [1.54, 1.807) is 4.98 Å². The van der Waals surface area contributed by atoms with Crippen LogP contribution in [0.2, 0.25) is 0 Å². The molecule has 30 heavy (non-hydrogen) atoms. The molecule has 1 aromatic heterocycles. The summed E-state index contributed by atoms with van der Waals surface area (Å²) in [6, 6.07) is 8.28. The molecule has 1 unspecified atom stereocenters. The molecule has 0 saturated carbocycles. The van der Waals surface area contributed by atoms with Crippen LogP contribution in [0.25, 0.3) is 5.69 Å². The predicted octanol–water partition coefficient (Wildman–Crippen LogP) is 1.95. The molecule has 1 N–H and O–H groups in total. The largest absolute Gasteiger partial charge is 0.475 e. The van der Waals surface area contributed by atoms with E-state index in [9.17, 15) is 31.8 Å². The van der Waals surface area contributed by atoms with Gasteiger partial charge in [0.05, 0.1) is 5.69 Å². The summed E-state index contributed by atoms with van der Waals surface area (Å²) in [7, 11) is -3.18. The molecule has 0 aliphatic heterocycles. The number of nitrogens with one attached hydrogen (secondary N) is 1. The molecular formula is C18H14F3N3O5S. The molecule has 12 heteroatoms. The van der Waals surface area contributed by atoms with E-state index < -0.39 is 45.2 Å². The molecule has 0 fully saturated rings. The topological polar surface area (TPSA) is 103 Å². The molecule has 0 spiro atoms. The second kappa shape index (κ2) is 7.78. The van der Waals surface area contributed by atoms with Gasteiger partial charge in [-0.15, -0.1) is 0 Å². The number of nitrogens with zero attached hydrogens (tertiary/aromatic N) is 2. The molecular weight excluding hydrogens is 427 g/mol. The van der Waals surface area contributed by atoms with E-state index in [2.05, 4.69) is 0 Å². The van der Waals surface area contributed by atoms with Crippen LogP contribution in [-0.4, -0.2) is 23.8 Å². The number of ether oxygens (including phenoxy) is 1. The van der Waals surface area contributed by atoms with Crippen LogP contribution < -0.4 is 21.8 Å². The Morgan fingerprint density at radius 3 is 2.30 bits per heavy atom. The van der Waals surface area contributed by atoms with Gasteiger partial charge < -0.3 is 4.74 Å². The minimum atomic E-state index is -4.90. The summed E-state index contributed by atoms with van der Waals surface area (Å²) in [5, 5.41) is 0. The van der Waals surface area contributed by atoms with E-state index in [1.807, 2.05) is 0 Å². The molecule has 0 aliphatic carbocycles. The van der Waals surface area contributed by atoms with Crippen molar-refractivity contribution in [2.24, 2.45) is 6.98 Å². The van der Waals surface area contributed by atoms with Gasteiger partial charge in [-0.1, -0.05) is 0 Å². The molecule has 0 bridgehead atoms. The molecule has 1 atom stereocenters. The van der Waals surface area contributed by atoms with Crippen LogP contribution in [-0.2, 0) is 17.8 Å². The maximum Gasteiger partial charge on any atom is 0.475 e. The van der Waals surface area contributed by atoms with Crippen molar-refractivity contribution in [3.8, 4) is 17.2 Å².